The van der Waals surface area contributed by atoms with Gasteiger partial charge in [-0.3, -0.25) is 19.3 Å². The third-order valence-corrected chi connectivity index (χ3v) is 13.6. The molecule has 0 amide bonds. The average Bonchev–Trinajstić information content (AvgIpc) is 3.83. The number of Topliss-reactive ketones (excluding diaryl/α,β-unsaturated/α-hetero) is 4. The van der Waals surface area contributed by atoms with E-state index in [1.807, 2.05) is 65.2 Å². The number of carbonyl (C=O) groups excluding carboxylic acids is 4. The van der Waals surface area contributed by atoms with Gasteiger partial charge in [-0.15, -0.1) is 0 Å². The van der Waals surface area contributed by atoms with Crippen molar-refractivity contribution in [3.05, 3.63) is 75.6 Å². The van der Waals surface area contributed by atoms with Crippen LogP contribution in [-0.4, -0.2) is 98.5 Å². The van der Waals surface area contributed by atoms with Crippen LogP contribution in [0.25, 0.3) is 23.7 Å². The number of ketones is 4. The molecule has 13 nitrogen and oxygen atoms in total. The number of fused-ring (bicyclic) bond motifs is 1. The van der Waals surface area contributed by atoms with Crippen molar-refractivity contribution in [3.63, 3.8) is 0 Å². The van der Waals surface area contributed by atoms with Gasteiger partial charge >= 0.3 is 0 Å². The van der Waals surface area contributed by atoms with Gasteiger partial charge in [-0.05, 0) is 89.5 Å². The van der Waals surface area contributed by atoms with E-state index in [9.17, 15) is 24.3 Å². The lowest BCUT2D eigenvalue weighted by atomic mass is 9.90. The summed E-state index contributed by atoms with van der Waals surface area (Å²) in [6.45, 7) is 25.4. The molecule has 0 spiro atoms. The van der Waals surface area contributed by atoms with E-state index in [1.165, 1.54) is 12.8 Å². The molecule has 5 heterocycles. The molecule has 1 atom stereocenters. The maximum Gasteiger partial charge on any atom is 0.253 e. The van der Waals surface area contributed by atoms with Crippen molar-refractivity contribution in [2.75, 3.05) is 55.6 Å². The van der Waals surface area contributed by atoms with E-state index in [1.54, 1.807) is 26.8 Å². The van der Waals surface area contributed by atoms with Crippen LogP contribution in [0.1, 0.15) is 139 Å². The first kappa shape index (κ1) is 48.9. The van der Waals surface area contributed by atoms with Gasteiger partial charge in [0, 0.05) is 110 Å². The molecule has 1 saturated carbocycles. The van der Waals surface area contributed by atoms with Gasteiger partial charge in [0.2, 0.25) is 0 Å². The lowest BCUT2D eigenvalue weighted by molar-refractivity contribution is -0.122. The molecule has 2 aromatic rings. The SMILES string of the molecule is C=c1/c(=C(\C)O)c(C)c2cnc(=Nc3ccc(N4CCN(CC5CCN(c6cccc(C(C)=O)c6C(=O)C(C)C)CC5)CC4)cn3)nc-2n1C1CCCC1.CCC(=O)C(C)CCC(C)=O. The number of aromatic nitrogens is 4. The van der Waals surface area contributed by atoms with Gasteiger partial charge in [0.05, 0.1) is 23.2 Å². The van der Waals surface area contributed by atoms with Crippen LogP contribution in [0.2, 0.25) is 0 Å². The smallest absolute Gasteiger partial charge is 0.253 e. The molecule has 0 radical (unpaired) electrons. The Hall–Kier alpha value is -5.56. The van der Waals surface area contributed by atoms with Crippen molar-refractivity contribution in [1.29, 1.82) is 0 Å². The van der Waals surface area contributed by atoms with Crippen molar-refractivity contribution in [2.45, 2.75) is 119 Å². The Kier molecular flexibility index (Phi) is 16.6. The second-order valence-electron chi connectivity index (χ2n) is 18.7. The van der Waals surface area contributed by atoms with E-state index in [-0.39, 0.29) is 46.8 Å². The lowest BCUT2D eigenvalue weighted by Gasteiger charge is -2.40. The molecule has 65 heavy (non-hydrogen) atoms. The highest BCUT2D eigenvalue weighted by atomic mass is 16.3. The van der Waals surface area contributed by atoms with Crippen LogP contribution in [0.4, 0.5) is 17.2 Å². The van der Waals surface area contributed by atoms with Gasteiger partial charge in [0.25, 0.3) is 5.62 Å². The molecule has 3 fully saturated rings. The molecule has 1 N–H and O–H groups in total. The topological polar surface area (TPSA) is 154 Å². The van der Waals surface area contributed by atoms with Crippen LogP contribution < -0.4 is 26.0 Å². The van der Waals surface area contributed by atoms with Gasteiger partial charge in [0.15, 0.2) is 17.4 Å². The van der Waals surface area contributed by atoms with E-state index in [2.05, 4.69) is 41.9 Å². The van der Waals surface area contributed by atoms with E-state index < -0.39 is 0 Å². The maximum absolute atomic E-state index is 13.2. The van der Waals surface area contributed by atoms with Crippen molar-refractivity contribution in [3.8, 4) is 11.4 Å². The van der Waals surface area contributed by atoms with Gasteiger partial charge < -0.3 is 24.3 Å². The Labute approximate surface area is 384 Å². The Morgan fingerprint density at radius 3 is 2.15 bits per heavy atom. The highest BCUT2D eigenvalue weighted by Crippen LogP contribution is 2.33. The van der Waals surface area contributed by atoms with E-state index in [4.69, 9.17) is 9.98 Å². The van der Waals surface area contributed by atoms with Crippen LogP contribution in [0.3, 0.4) is 0 Å². The third kappa shape index (κ3) is 11.8. The fourth-order valence-corrected chi connectivity index (χ4v) is 9.72. The second-order valence-corrected chi connectivity index (χ2v) is 18.7. The zero-order chi connectivity index (χ0) is 46.9. The Bertz CT molecular complexity index is 2490. The predicted octanol–water partition coefficient (Wildman–Crippen LogP) is 7.58. The molecule has 4 aliphatic heterocycles. The number of pyridine rings is 2. The fourth-order valence-electron chi connectivity index (χ4n) is 9.72. The van der Waals surface area contributed by atoms with Crippen LogP contribution in [0.15, 0.2) is 47.7 Å². The summed E-state index contributed by atoms with van der Waals surface area (Å²) in [4.78, 5) is 73.4. The van der Waals surface area contributed by atoms with E-state index in [0.717, 1.165) is 110 Å². The molecule has 5 aliphatic rings. The fraction of sp³-hybridized carbons (Fsp3) is 0.538. The third-order valence-electron chi connectivity index (χ3n) is 13.6. The minimum absolute atomic E-state index is 0.0386. The number of anilines is 2. The number of piperazine rings is 1. The summed E-state index contributed by atoms with van der Waals surface area (Å²) in [5, 5.41) is 12.1. The number of aliphatic hydroxyl groups is 1. The average molecular weight is 887 g/mol. The van der Waals surface area contributed by atoms with Gasteiger partial charge in [0.1, 0.15) is 17.4 Å². The zero-order valence-corrected chi connectivity index (χ0v) is 40.0. The van der Waals surface area contributed by atoms with Crippen molar-refractivity contribution in [1.82, 2.24) is 24.4 Å². The summed E-state index contributed by atoms with van der Waals surface area (Å²) < 4.78 is 2.19. The molecular weight excluding hydrogens is 817 g/mol. The number of piperidine rings is 1. The minimum atomic E-state index is -0.165. The van der Waals surface area contributed by atoms with Crippen LogP contribution >= 0.6 is 0 Å². The first-order valence-electron chi connectivity index (χ1n) is 23.8. The first-order chi connectivity index (χ1) is 31.1. The normalized spacial score (nSPS) is 17.6. The highest BCUT2D eigenvalue weighted by Gasteiger charge is 2.29. The summed E-state index contributed by atoms with van der Waals surface area (Å²) in [5.41, 5.74) is 5.30. The molecule has 7 rings (SSSR count). The second kappa shape index (κ2) is 22.1. The van der Waals surface area contributed by atoms with Crippen LogP contribution in [-0.2, 0) is 9.59 Å². The number of carbonyl (C=O) groups is 4. The molecule has 1 aromatic carbocycles. The van der Waals surface area contributed by atoms with Crippen LogP contribution in [0.5, 0.6) is 0 Å². The maximum atomic E-state index is 13.2. The monoisotopic (exact) mass is 887 g/mol. The van der Waals surface area contributed by atoms with E-state index >= 15 is 0 Å². The Morgan fingerprint density at radius 1 is 0.877 bits per heavy atom. The van der Waals surface area contributed by atoms with Gasteiger partial charge in [-0.1, -0.05) is 59.2 Å². The quantitative estimate of drug-likeness (QED) is 0.125. The number of hydrogen-bond acceptors (Lipinski definition) is 12. The summed E-state index contributed by atoms with van der Waals surface area (Å²) in [6, 6.07) is 10.0. The standard InChI is InChI=1S/C43H54N8O3.C9H16O2/c1-27(2)41(54)40-35(30(5)52)12-9-13-37(40)50-18-16-32(17-19-50)26-48-20-22-49(23-21-48)34-14-15-38(44-24-34)46-43-45-25-36-28(3)39(31(6)53)29(4)51(42(36)47-43)33-10-7-8-11-33;1-4-9(11)7(2)5-6-8(3)10/h9,12-15,24-25,27,32-33,53H,4,7-8,10-11,16-23,26H2,1-3,5-6H3;7H,4-6H2,1-3H3/b39-31+,46-43?;. The van der Waals surface area contributed by atoms with Crippen molar-refractivity contribution in [2.24, 2.45) is 22.7 Å². The van der Waals surface area contributed by atoms with Gasteiger partial charge in [-0.25, -0.2) is 9.97 Å². The lowest BCUT2D eigenvalue weighted by Crippen LogP contribution is -2.49. The van der Waals surface area contributed by atoms with E-state index in [0.29, 0.717) is 47.7 Å². The highest BCUT2D eigenvalue weighted by molar-refractivity contribution is 6.12. The predicted molar refractivity (Wildman–Crippen MR) is 258 cm³/mol. The van der Waals surface area contributed by atoms with Crippen molar-refractivity contribution < 1.29 is 24.3 Å². The van der Waals surface area contributed by atoms with Crippen LogP contribution in [0, 0.1) is 24.7 Å². The Balaban J connectivity index is 0.000000564. The molecule has 2 saturated heterocycles. The molecule has 348 valence electrons. The summed E-state index contributed by atoms with van der Waals surface area (Å²) in [5.74, 6) is 2.52. The van der Waals surface area contributed by atoms with Crippen molar-refractivity contribution >= 4 is 52.7 Å². The molecule has 0 bridgehead atoms. The number of rotatable bonds is 14. The minimum Gasteiger partial charge on any atom is -0.512 e. The first-order valence-corrected chi connectivity index (χ1v) is 23.8. The molecular formula is C52H70N8O5. The Morgan fingerprint density at radius 2 is 1.57 bits per heavy atom. The summed E-state index contributed by atoms with van der Waals surface area (Å²) in [7, 11) is 0. The largest absolute Gasteiger partial charge is 0.512 e. The zero-order valence-electron chi connectivity index (χ0n) is 40.0. The summed E-state index contributed by atoms with van der Waals surface area (Å²) >= 11 is 0. The number of nitrogens with zero attached hydrogens (tertiary/aromatic N) is 8. The molecule has 13 heteroatoms. The summed E-state index contributed by atoms with van der Waals surface area (Å²) in [6.07, 6.45) is 12.1. The number of benzene rings is 1. The molecule has 1 aromatic heterocycles. The molecule has 1 unspecified atom stereocenters. The molecule has 1 aliphatic carbocycles. The number of aliphatic hydroxyl groups excluding tert-OH is 1. The van der Waals surface area contributed by atoms with Gasteiger partial charge in [-0.2, -0.15) is 9.98 Å². The number of hydrogen-bond donors (Lipinski definition) is 1.